The maximum absolute atomic E-state index is 12.1. The highest BCUT2D eigenvalue weighted by Crippen LogP contribution is 2.10. The van der Waals surface area contributed by atoms with Crippen molar-refractivity contribution in [2.75, 3.05) is 33.7 Å². The van der Waals surface area contributed by atoms with Crippen LogP contribution < -0.4 is 5.73 Å². The van der Waals surface area contributed by atoms with Gasteiger partial charge in [0, 0.05) is 13.1 Å². The van der Waals surface area contributed by atoms with Crippen molar-refractivity contribution in [2.45, 2.75) is 39.2 Å². The first-order valence-electron chi connectivity index (χ1n) is 6.08. The Morgan fingerprint density at radius 2 is 1.81 bits per heavy atom. The van der Waals surface area contributed by atoms with E-state index in [2.05, 4.69) is 4.90 Å². The van der Waals surface area contributed by atoms with Crippen LogP contribution in [0.2, 0.25) is 0 Å². The van der Waals surface area contributed by atoms with E-state index < -0.39 is 5.54 Å². The highest BCUT2D eigenvalue weighted by Gasteiger charge is 2.29. The molecule has 0 saturated carbocycles. The van der Waals surface area contributed by atoms with Crippen molar-refractivity contribution in [1.82, 2.24) is 9.80 Å². The third kappa shape index (κ3) is 4.94. The van der Waals surface area contributed by atoms with Crippen LogP contribution in [0.4, 0.5) is 0 Å². The number of nitrogens with two attached hydrogens (primary N) is 1. The summed E-state index contributed by atoms with van der Waals surface area (Å²) in [6.45, 7) is 8.28. The first kappa shape index (κ1) is 15.4. The minimum atomic E-state index is -0.714. The van der Waals surface area contributed by atoms with Crippen LogP contribution in [0, 0.1) is 0 Å². The van der Waals surface area contributed by atoms with Crippen molar-refractivity contribution in [2.24, 2.45) is 5.73 Å². The number of rotatable bonds is 7. The Balaban J connectivity index is 4.23. The molecule has 0 aromatic carbocycles. The van der Waals surface area contributed by atoms with Crippen LogP contribution >= 0.6 is 0 Å². The molecule has 0 radical (unpaired) electrons. The van der Waals surface area contributed by atoms with E-state index in [1.807, 2.05) is 39.8 Å². The maximum Gasteiger partial charge on any atom is 0.242 e. The lowest BCUT2D eigenvalue weighted by atomic mass is 9.98. The van der Waals surface area contributed by atoms with Gasteiger partial charge in [0.1, 0.15) is 0 Å². The summed E-state index contributed by atoms with van der Waals surface area (Å²) in [5.41, 5.74) is 5.25. The minimum absolute atomic E-state index is 0.0660. The number of hydrogen-bond donors (Lipinski definition) is 1. The molecule has 0 heterocycles. The molecule has 0 aliphatic carbocycles. The molecule has 16 heavy (non-hydrogen) atoms. The van der Waals surface area contributed by atoms with Crippen LogP contribution in [-0.2, 0) is 4.79 Å². The second-order valence-electron chi connectivity index (χ2n) is 4.81. The summed E-state index contributed by atoms with van der Waals surface area (Å²) >= 11 is 0. The van der Waals surface area contributed by atoms with Gasteiger partial charge in [0.2, 0.25) is 5.91 Å². The first-order valence-corrected chi connectivity index (χ1v) is 6.08. The molecule has 0 aliphatic heterocycles. The minimum Gasteiger partial charge on any atom is -0.341 e. The van der Waals surface area contributed by atoms with Gasteiger partial charge >= 0.3 is 0 Å². The smallest absolute Gasteiger partial charge is 0.242 e. The SMILES string of the molecule is CCN(CCCN(C)C)C(=O)C(C)(N)CC. The number of nitrogens with zero attached hydrogens (tertiary/aromatic N) is 2. The van der Waals surface area contributed by atoms with Crippen molar-refractivity contribution >= 4 is 5.91 Å². The van der Waals surface area contributed by atoms with E-state index in [0.717, 1.165) is 26.1 Å². The van der Waals surface area contributed by atoms with Crippen molar-refractivity contribution in [1.29, 1.82) is 0 Å². The van der Waals surface area contributed by atoms with Gasteiger partial charge in [-0.2, -0.15) is 0 Å². The van der Waals surface area contributed by atoms with Gasteiger partial charge in [0.15, 0.2) is 0 Å². The molecule has 0 aromatic rings. The highest BCUT2D eigenvalue weighted by atomic mass is 16.2. The summed E-state index contributed by atoms with van der Waals surface area (Å²) in [6, 6.07) is 0. The lowest BCUT2D eigenvalue weighted by Crippen LogP contribution is -2.53. The fraction of sp³-hybridized carbons (Fsp3) is 0.917. The van der Waals surface area contributed by atoms with E-state index in [1.54, 1.807) is 0 Å². The molecule has 2 N–H and O–H groups in total. The molecule has 4 heteroatoms. The molecular weight excluding hydrogens is 202 g/mol. The third-order valence-corrected chi connectivity index (χ3v) is 2.93. The maximum atomic E-state index is 12.1. The molecule has 0 aromatic heterocycles. The topological polar surface area (TPSA) is 49.6 Å². The van der Waals surface area contributed by atoms with Crippen LogP contribution in [0.1, 0.15) is 33.6 Å². The summed E-state index contributed by atoms with van der Waals surface area (Å²) in [4.78, 5) is 16.1. The summed E-state index contributed by atoms with van der Waals surface area (Å²) in [5.74, 6) is 0.0660. The molecule has 96 valence electrons. The van der Waals surface area contributed by atoms with Crippen molar-refractivity contribution < 1.29 is 4.79 Å². The monoisotopic (exact) mass is 229 g/mol. The van der Waals surface area contributed by atoms with E-state index in [-0.39, 0.29) is 5.91 Å². The molecule has 0 bridgehead atoms. The van der Waals surface area contributed by atoms with Gasteiger partial charge in [0.25, 0.3) is 0 Å². The summed E-state index contributed by atoms with van der Waals surface area (Å²) in [7, 11) is 4.08. The van der Waals surface area contributed by atoms with Gasteiger partial charge in [-0.15, -0.1) is 0 Å². The molecule has 0 fully saturated rings. The average molecular weight is 229 g/mol. The molecule has 0 rings (SSSR count). The number of likely N-dealkylation sites (N-methyl/N-ethyl adjacent to an activating group) is 1. The fourth-order valence-electron chi connectivity index (χ4n) is 1.49. The predicted molar refractivity (Wildman–Crippen MR) is 68.3 cm³/mol. The van der Waals surface area contributed by atoms with Crippen LogP contribution in [-0.4, -0.2) is 55.0 Å². The summed E-state index contributed by atoms with van der Waals surface area (Å²) < 4.78 is 0. The van der Waals surface area contributed by atoms with Gasteiger partial charge < -0.3 is 15.5 Å². The van der Waals surface area contributed by atoms with Gasteiger partial charge in [-0.25, -0.2) is 0 Å². The molecule has 1 atom stereocenters. The fourth-order valence-corrected chi connectivity index (χ4v) is 1.49. The zero-order valence-corrected chi connectivity index (χ0v) is 11.4. The number of carbonyl (C=O) groups excluding carboxylic acids is 1. The number of amides is 1. The predicted octanol–water partition coefficient (Wildman–Crippen LogP) is 0.914. The second-order valence-corrected chi connectivity index (χ2v) is 4.81. The largest absolute Gasteiger partial charge is 0.341 e. The number of carbonyl (C=O) groups is 1. The molecule has 0 aliphatic rings. The normalized spacial score (nSPS) is 14.9. The Morgan fingerprint density at radius 3 is 2.19 bits per heavy atom. The highest BCUT2D eigenvalue weighted by molar-refractivity contribution is 5.85. The van der Waals surface area contributed by atoms with Crippen LogP contribution in [0.3, 0.4) is 0 Å². The lowest BCUT2D eigenvalue weighted by molar-refractivity contribution is -0.136. The summed E-state index contributed by atoms with van der Waals surface area (Å²) in [6.07, 6.45) is 1.67. The van der Waals surface area contributed by atoms with E-state index in [1.165, 1.54) is 0 Å². The Kier molecular flexibility index (Phi) is 6.60. The second kappa shape index (κ2) is 6.86. The average Bonchev–Trinajstić information content (AvgIpc) is 2.23. The Hall–Kier alpha value is -0.610. The first-order chi connectivity index (χ1) is 7.35. The Bertz CT molecular complexity index is 214. The number of hydrogen-bond acceptors (Lipinski definition) is 3. The molecule has 1 amide bonds. The van der Waals surface area contributed by atoms with E-state index in [0.29, 0.717) is 6.42 Å². The van der Waals surface area contributed by atoms with Gasteiger partial charge in [-0.05, 0) is 47.3 Å². The quantitative estimate of drug-likeness (QED) is 0.706. The van der Waals surface area contributed by atoms with Gasteiger partial charge in [-0.1, -0.05) is 6.92 Å². The Labute approximate surface area is 99.8 Å². The molecule has 4 nitrogen and oxygen atoms in total. The standard InChI is InChI=1S/C12H27N3O/c1-6-12(3,13)11(16)15(7-2)10-8-9-14(4)5/h6-10,13H2,1-5H3. The van der Waals surface area contributed by atoms with E-state index >= 15 is 0 Å². The zero-order valence-electron chi connectivity index (χ0n) is 11.4. The van der Waals surface area contributed by atoms with Crippen molar-refractivity contribution in [3.05, 3.63) is 0 Å². The zero-order chi connectivity index (χ0) is 12.8. The van der Waals surface area contributed by atoms with E-state index in [9.17, 15) is 4.79 Å². The van der Waals surface area contributed by atoms with Crippen molar-refractivity contribution in [3.63, 3.8) is 0 Å². The summed E-state index contributed by atoms with van der Waals surface area (Å²) in [5, 5.41) is 0. The molecular formula is C12H27N3O. The lowest BCUT2D eigenvalue weighted by Gasteiger charge is -2.30. The van der Waals surface area contributed by atoms with Crippen LogP contribution in [0.25, 0.3) is 0 Å². The van der Waals surface area contributed by atoms with Crippen molar-refractivity contribution in [3.8, 4) is 0 Å². The molecule has 0 spiro atoms. The third-order valence-electron chi connectivity index (χ3n) is 2.93. The van der Waals surface area contributed by atoms with Crippen LogP contribution in [0.15, 0.2) is 0 Å². The van der Waals surface area contributed by atoms with Crippen LogP contribution in [0.5, 0.6) is 0 Å². The molecule has 0 saturated heterocycles. The Morgan fingerprint density at radius 1 is 1.25 bits per heavy atom. The van der Waals surface area contributed by atoms with Gasteiger partial charge in [-0.3, -0.25) is 4.79 Å². The van der Waals surface area contributed by atoms with Gasteiger partial charge in [0.05, 0.1) is 5.54 Å². The van der Waals surface area contributed by atoms with E-state index in [4.69, 9.17) is 5.73 Å². The molecule has 1 unspecified atom stereocenters.